The number of carbonyl (C=O) groups excluding carboxylic acids is 1. The maximum Gasteiger partial charge on any atom is 0.426 e. The molecule has 0 aromatic heterocycles. The first-order valence-electron chi connectivity index (χ1n) is 9.58. The van der Waals surface area contributed by atoms with Crippen molar-refractivity contribution in [1.82, 2.24) is 0 Å². The van der Waals surface area contributed by atoms with Crippen LogP contribution in [0.3, 0.4) is 0 Å². The molecule has 0 N–H and O–H groups in total. The van der Waals surface area contributed by atoms with Gasteiger partial charge in [-0.2, -0.15) is 26.3 Å². The zero-order valence-electron chi connectivity index (χ0n) is 16.5. The van der Waals surface area contributed by atoms with Crippen molar-refractivity contribution < 1.29 is 40.6 Å². The molecular weight excluding hydrogens is 390 g/mol. The molecule has 3 nitrogen and oxygen atoms in total. The minimum absolute atomic E-state index is 0.0245. The van der Waals surface area contributed by atoms with E-state index in [1.165, 1.54) is 0 Å². The van der Waals surface area contributed by atoms with E-state index in [0.29, 0.717) is 20.0 Å². The molecule has 0 saturated heterocycles. The Balaban J connectivity index is 2.39. The first-order valence-corrected chi connectivity index (χ1v) is 9.58. The summed E-state index contributed by atoms with van der Waals surface area (Å²) in [5.74, 6) is -1.06. The second-order valence-electron chi connectivity index (χ2n) is 8.75. The fourth-order valence-corrected chi connectivity index (χ4v) is 4.46. The Hall–Kier alpha value is -0.990. The SMILES string of the molecule is CCC(C)(C)C(=O)OC(CC(OC)(C(F)(F)F)C(F)(F)F)C1CC2CCC1C2. The number of ether oxygens (including phenoxy) is 2. The molecule has 9 heteroatoms. The number of hydrogen-bond donors (Lipinski definition) is 0. The summed E-state index contributed by atoms with van der Waals surface area (Å²) in [6, 6.07) is 0. The highest BCUT2D eigenvalue weighted by Gasteiger charge is 2.73. The third kappa shape index (κ3) is 4.14. The minimum Gasteiger partial charge on any atom is -0.462 e. The van der Waals surface area contributed by atoms with E-state index in [1.54, 1.807) is 20.8 Å². The van der Waals surface area contributed by atoms with Crippen LogP contribution in [0.15, 0.2) is 0 Å². The predicted molar refractivity (Wildman–Crippen MR) is 89.4 cm³/mol. The predicted octanol–water partition coefficient (Wildman–Crippen LogP) is 5.67. The molecule has 0 aromatic rings. The van der Waals surface area contributed by atoms with Gasteiger partial charge in [0.05, 0.1) is 5.41 Å². The first kappa shape index (κ1) is 23.3. The van der Waals surface area contributed by atoms with E-state index in [4.69, 9.17) is 4.74 Å². The average molecular weight is 418 g/mol. The van der Waals surface area contributed by atoms with Crippen molar-refractivity contribution in [3.8, 4) is 0 Å². The lowest BCUT2D eigenvalue weighted by atomic mass is 9.79. The number of hydrogen-bond acceptors (Lipinski definition) is 3. The summed E-state index contributed by atoms with van der Waals surface area (Å²) in [6.45, 7) is 4.83. The fraction of sp³-hybridized carbons (Fsp3) is 0.947. The summed E-state index contributed by atoms with van der Waals surface area (Å²) in [6.07, 6.45) is -11.1. The Labute approximate surface area is 161 Å². The number of methoxy groups -OCH3 is 1. The molecular formula is C19H28F6O3. The van der Waals surface area contributed by atoms with Gasteiger partial charge in [0.1, 0.15) is 6.10 Å². The van der Waals surface area contributed by atoms with Gasteiger partial charge in [-0.05, 0) is 57.3 Å². The Bertz CT molecular complexity index is 555. The van der Waals surface area contributed by atoms with Crippen LogP contribution in [-0.2, 0) is 14.3 Å². The lowest BCUT2D eigenvalue weighted by Crippen LogP contribution is -2.60. The Kier molecular flexibility index (Phi) is 6.39. The summed E-state index contributed by atoms with van der Waals surface area (Å²) in [5.41, 5.74) is -5.37. The van der Waals surface area contributed by atoms with Gasteiger partial charge in [0.2, 0.25) is 0 Å². The quantitative estimate of drug-likeness (QED) is 0.395. The lowest BCUT2D eigenvalue weighted by Gasteiger charge is -2.41. The standard InChI is InChI=1S/C19H28F6O3/c1-5-16(2,3)15(26)28-14(13-9-11-6-7-12(13)8-11)10-17(27-4,18(20,21)22)19(23,24)25/h11-14H,5-10H2,1-4H3. The molecule has 0 radical (unpaired) electrons. The van der Waals surface area contributed by atoms with Crippen molar-refractivity contribution in [2.45, 2.75) is 83.4 Å². The van der Waals surface area contributed by atoms with E-state index in [9.17, 15) is 31.1 Å². The molecule has 28 heavy (non-hydrogen) atoms. The van der Waals surface area contributed by atoms with Crippen LogP contribution in [0.2, 0.25) is 0 Å². The summed E-state index contributed by atoms with van der Waals surface area (Å²) in [4.78, 5) is 12.5. The highest BCUT2D eigenvalue weighted by molar-refractivity contribution is 5.76. The van der Waals surface area contributed by atoms with Crippen LogP contribution in [0.25, 0.3) is 0 Å². The van der Waals surface area contributed by atoms with Crippen LogP contribution in [0, 0.1) is 23.2 Å². The summed E-state index contributed by atoms with van der Waals surface area (Å²) in [5, 5.41) is 0. The third-order valence-electron chi connectivity index (χ3n) is 6.72. The van der Waals surface area contributed by atoms with E-state index in [0.717, 1.165) is 19.3 Å². The molecule has 0 aliphatic heterocycles. The molecule has 2 fully saturated rings. The molecule has 0 spiro atoms. The van der Waals surface area contributed by atoms with Gasteiger partial charge < -0.3 is 9.47 Å². The van der Waals surface area contributed by atoms with Crippen molar-refractivity contribution in [1.29, 1.82) is 0 Å². The van der Waals surface area contributed by atoms with Crippen LogP contribution < -0.4 is 0 Å². The Morgan fingerprint density at radius 2 is 1.61 bits per heavy atom. The van der Waals surface area contributed by atoms with Crippen LogP contribution in [0.1, 0.15) is 59.3 Å². The number of alkyl halides is 6. The van der Waals surface area contributed by atoms with Gasteiger partial charge in [-0.3, -0.25) is 4.79 Å². The number of halogens is 6. The molecule has 0 amide bonds. The van der Waals surface area contributed by atoms with Gasteiger partial charge >= 0.3 is 18.3 Å². The topological polar surface area (TPSA) is 35.5 Å². The van der Waals surface area contributed by atoms with E-state index in [-0.39, 0.29) is 11.8 Å². The molecule has 164 valence electrons. The molecule has 0 heterocycles. The first-order chi connectivity index (χ1) is 12.7. The normalized spacial score (nSPS) is 27.1. The van der Waals surface area contributed by atoms with E-state index in [2.05, 4.69) is 4.74 Å². The van der Waals surface area contributed by atoms with Gasteiger partial charge in [0.25, 0.3) is 5.60 Å². The second kappa shape index (κ2) is 7.69. The van der Waals surface area contributed by atoms with Crippen LogP contribution in [0.5, 0.6) is 0 Å². The van der Waals surface area contributed by atoms with E-state index < -0.39 is 47.8 Å². The molecule has 4 unspecified atom stereocenters. The molecule has 0 aromatic carbocycles. The molecule has 4 atom stereocenters. The van der Waals surface area contributed by atoms with E-state index >= 15 is 0 Å². The van der Waals surface area contributed by atoms with Crippen molar-refractivity contribution in [3.63, 3.8) is 0 Å². The average Bonchev–Trinajstić information content (AvgIpc) is 3.19. The minimum atomic E-state index is -5.69. The second-order valence-corrected chi connectivity index (χ2v) is 8.75. The smallest absolute Gasteiger partial charge is 0.426 e. The van der Waals surface area contributed by atoms with Gasteiger partial charge in [-0.1, -0.05) is 13.3 Å². The number of carbonyl (C=O) groups is 1. The van der Waals surface area contributed by atoms with E-state index in [1.807, 2.05) is 0 Å². The summed E-state index contributed by atoms with van der Waals surface area (Å²) in [7, 11) is 0.399. The largest absolute Gasteiger partial charge is 0.462 e. The van der Waals surface area contributed by atoms with Crippen molar-refractivity contribution in [2.75, 3.05) is 7.11 Å². The number of esters is 1. The zero-order chi connectivity index (χ0) is 21.5. The molecule has 2 aliphatic rings. The number of fused-ring (bicyclic) bond motifs is 2. The van der Waals surface area contributed by atoms with Gasteiger partial charge in [0, 0.05) is 13.5 Å². The van der Waals surface area contributed by atoms with Crippen molar-refractivity contribution in [2.24, 2.45) is 23.2 Å². The van der Waals surface area contributed by atoms with Crippen LogP contribution in [0.4, 0.5) is 26.3 Å². The Morgan fingerprint density at radius 1 is 1.04 bits per heavy atom. The zero-order valence-corrected chi connectivity index (χ0v) is 16.5. The van der Waals surface area contributed by atoms with Crippen molar-refractivity contribution in [3.05, 3.63) is 0 Å². The highest BCUT2D eigenvalue weighted by atomic mass is 19.4. The van der Waals surface area contributed by atoms with Crippen LogP contribution in [-0.4, -0.2) is 37.1 Å². The van der Waals surface area contributed by atoms with Crippen LogP contribution >= 0.6 is 0 Å². The highest BCUT2D eigenvalue weighted by Crippen LogP contribution is 2.54. The molecule has 2 bridgehead atoms. The fourth-order valence-electron chi connectivity index (χ4n) is 4.46. The van der Waals surface area contributed by atoms with Gasteiger partial charge in [0.15, 0.2) is 0 Å². The third-order valence-corrected chi connectivity index (χ3v) is 6.72. The molecule has 2 aliphatic carbocycles. The maximum absolute atomic E-state index is 13.6. The summed E-state index contributed by atoms with van der Waals surface area (Å²) < 4.78 is 90.8. The lowest BCUT2D eigenvalue weighted by molar-refractivity contribution is -0.382. The monoisotopic (exact) mass is 418 g/mol. The maximum atomic E-state index is 13.6. The van der Waals surface area contributed by atoms with Crippen molar-refractivity contribution >= 4 is 5.97 Å². The van der Waals surface area contributed by atoms with Gasteiger partial charge in [-0.25, -0.2) is 0 Å². The Morgan fingerprint density at radius 3 is 1.96 bits per heavy atom. The molecule has 2 rings (SSSR count). The summed E-state index contributed by atoms with van der Waals surface area (Å²) >= 11 is 0. The van der Waals surface area contributed by atoms with Gasteiger partial charge in [-0.15, -0.1) is 0 Å². The molecule has 2 saturated carbocycles. The number of rotatable bonds is 7.